The number of rotatable bonds is 4. The van der Waals surface area contributed by atoms with Crippen molar-refractivity contribution < 1.29 is 23.8 Å². The van der Waals surface area contributed by atoms with E-state index in [4.69, 9.17) is 16.3 Å². The van der Waals surface area contributed by atoms with Gasteiger partial charge in [-0.3, -0.25) is 4.90 Å². The zero-order valence-corrected chi connectivity index (χ0v) is 13.9. The van der Waals surface area contributed by atoms with Crippen LogP contribution in [-0.2, 0) is 9.53 Å². The van der Waals surface area contributed by atoms with Crippen LogP contribution in [-0.4, -0.2) is 33.7 Å². The van der Waals surface area contributed by atoms with Gasteiger partial charge in [-0.05, 0) is 45.7 Å². The smallest absolute Gasteiger partial charge is 0.411 e. The largest absolute Gasteiger partial charge is 0.479 e. The topological polar surface area (TPSA) is 66.8 Å². The average molecular weight is 344 g/mol. The fourth-order valence-corrected chi connectivity index (χ4v) is 2.53. The Hall–Kier alpha value is -1.82. The van der Waals surface area contributed by atoms with E-state index in [9.17, 15) is 19.1 Å². The maximum Gasteiger partial charge on any atom is 0.411 e. The van der Waals surface area contributed by atoms with E-state index in [1.54, 1.807) is 20.8 Å². The number of aliphatic carboxylic acids is 1. The first-order chi connectivity index (χ1) is 10.6. The number of carboxylic acids is 1. The standard InChI is InChI=1S/C16H19ClFNO4/c1-16(2,3)23-15(22)19(10-5-6-10)13(14(20)21)11-7-4-9(18)8-12(11)17/h4,7-8,10,13H,5-6H2,1-3H3,(H,20,21). The Bertz CT molecular complexity index is 625. The number of carbonyl (C=O) groups is 2. The molecule has 1 N–H and O–H groups in total. The lowest BCUT2D eigenvalue weighted by atomic mass is 10.0. The number of hydrogen-bond acceptors (Lipinski definition) is 3. The van der Waals surface area contributed by atoms with Crippen LogP contribution in [0.2, 0.25) is 5.02 Å². The molecular weight excluding hydrogens is 325 g/mol. The minimum atomic E-state index is -1.31. The molecule has 7 heteroatoms. The number of ether oxygens (including phenoxy) is 1. The van der Waals surface area contributed by atoms with E-state index in [1.165, 1.54) is 11.0 Å². The molecule has 1 fully saturated rings. The molecule has 23 heavy (non-hydrogen) atoms. The van der Waals surface area contributed by atoms with Crippen molar-refractivity contribution in [3.63, 3.8) is 0 Å². The summed E-state index contributed by atoms with van der Waals surface area (Å²) in [6.07, 6.45) is 0.678. The summed E-state index contributed by atoms with van der Waals surface area (Å²) < 4.78 is 18.6. The highest BCUT2D eigenvalue weighted by Crippen LogP contribution is 2.38. The summed E-state index contributed by atoms with van der Waals surface area (Å²) in [6, 6.07) is 1.91. The molecule has 0 spiro atoms. The van der Waals surface area contributed by atoms with Crippen LogP contribution >= 0.6 is 11.6 Å². The third kappa shape index (κ3) is 4.34. The van der Waals surface area contributed by atoms with Gasteiger partial charge in [-0.25, -0.2) is 14.0 Å². The van der Waals surface area contributed by atoms with E-state index in [1.807, 2.05) is 0 Å². The Morgan fingerprint density at radius 1 is 1.39 bits per heavy atom. The van der Waals surface area contributed by atoms with E-state index in [2.05, 4.69) is 0 Å². The predicted molar refractivity (Wildman–Crippen MR) is 82.9 cm³/mol. The summed E-state index contributed by atoms with van der Waals surface area (Å²) in [5.74, 6) is -1.81. The lowest BCUT2D eigenvalue weighted by molar-refractivity contribution is -0.143. The number of nitrogens with zero attached hydrogens (tertiary/aromatic N) is 1. The van der Waals surface area contributed by atoms with Gasteiger partial charge in [0.2, 0.25) is 0 Å². The van der Waals surface area contributed by atoms with Gasteiger partial charge in [0, 0.05) is 16.6 Å². The van der Waals surface area contributed by atoms with Crippen LogP contribution < -0.4 is 0 Å². The number of amides is 1. The van der Waals surface area contributed by atoms with Gasteiger partial charge < -0.3 is 9.84 Å². The van der Waals surface area contributed by atoms with Gasteiger partial charge in [0.25, 0.3) is 0 Å². The van der Waals surface area contributed by atoms with Gasteiger partial charge in [-0.15, -0.1) is 0 Å². The third-order valence-corrected chi connectivity index (χ3v) is 3.64. The predicted octanol–water partition coefficient (Wildman–Crippen LogP) is 4.00. The van der Waals surface area contributed by atoms with E-state index >= 15 is 0 Å². The number of carbonyl (C=O) groups excluding carboxylic acids is 1. The van der Waals surface area contributed by atoms with Crippen molar-refractivity contribution in [2.75, 3.05) is 0 Å². The average Bonchev–Trinajstić information content (AvgIpc) is 3.18. The highest BCUT2D eigenvalue weighted by molar-refractivity contribution is 6.31. The minimum absolute atomic E-state index is 0.0355. The zero-order chi connectivity index (χ0) is 17.4. The normalized spacial score (nSPS) is 15.9. The van der Waals surface area contributed by atoms with Crippen LogP contribution in [0.1, 0.15) is 45.2 Å². The first kappa shape index (κ1) is 17.5. The van der Waals surface area contributed by atoms with Crippen LogP contribution in [0.5, 0.6) is 0 Å². The molecule has 0 saturated heterocycles. The number of hydrogen-bond donors (Lipinski definition) is 1. The molecule has 1 atom stereocenters. The van der Waals surface area contributed by atoms with Crippen LogP contribution in [0, 0.1) is 5.82 Å². The Morgan fingerprint density at radius 2 is 2.00 bits per heavy atom. The molecule has 1 unspecified atom stereocenters. The molecule has 0 aliphatic heterocycles. The van der Waals surface area contributed by atoms with Crippen LogP contribution in [0.25, 0.3) is 0 Å². The number of carboxylic acid groups (broad SMARTS) is 1. The van der Waals surface area contributed by atoms with Crippen molar-refractivity contribution in [3.8, 4) is 0 Å². The molecule has 1 aromatic carbocycles. The molecular formula is C16H19ClFNO4. The second-order valence-electron chi connectivity index (χ2n) is 6.53. The Balaban J connectivity index is 2.40. The first-order valence-corrected chi connectivity index (χ1v) is 7.67. The SMILES string of the molecule is CC(C)(C)OC(=O)N(C1CC1)C(C(=O)O)c1ccc(F)cc1Cl. The van der Waals surface area contributed by atoms with Gasteiger partial charge in [0.1, 0.15) is 11.4 Å². The van der Waals surface area contributed by atoms with Crippen LogP contribution in [0.4, 0.5) is 9.18 Å². The van der Waals surface area contributed by atoms with Crippen molar-refractivity contribution in [1.82, 2.24) is 4.90 Å². The maximum atomic E-state index is 13.2. The Morgan fingerprint density at radius 3 is 2.43 bits per heavy atom. The zero-order valence-electron chi connectivity index (χ0n) is 13.2. The maximum absolute atomic E-state index is 13.2. The van der Waals surface area contributed by atoms with Gasteiger partial charge >= 0.3 is 12.1 Å². The van der Waals surface area contributed by atoms with Gasteiger partial charge in [0.15, 0.2) is 6.04 Å². The summed E-state index contributed by atoms with van der Waals surface area (Å²) in [6.45, 7) is 5.11. The van der Waals surface area contributed by atoms with E-state index in [-0.39, 0.29) is 16.6 Å². The quantitative estimate of drug-likeness (QED) is 0.897. The third-order valence-electron chi connectivity index (χ3n) is 3.31. The second-order valence-corrected chi connectivity index (χ2v) is 6.93. The van der Waals surface area contributed by atoms with Crippen molar-refractivity contribution in [2.24, 2.45) is 0 Å². The minimum Gasteiger partial charge on any atom is -0.479 e. The van der Waals surface area contributed by atoms with Crippen LogP contribution in [0.3, 0.4) is 0 Å². The summed E-state index contributed by atoms with van der Waals surface area (Å²) in [7, 11) is 0. The molecule has 2 rings (SSSR count). The van der Waals surface area contributed by atoms with Crippen molar-refractivity contribution in [3.05, 3.63) is 34.6 Å². The molecule has 1 saturated carbocycles. The Kier molecular flexibility index (Phi) is 4.84. The molecule has 1 aliphatic carbocycles. The van der Waals surface area contributed by atoms with Gasteiger partial charge in [0.05, 0.1) is 0 Å². The Labute approximate surface area is 139 Å². The molecule has 1 amide bonds. The molecule has 1 aliphatic rings. The number of halogens is 2. The molecule has 0 aromatic heterocycles. The van der Waals surface area contributed by atoms with E-state index in [0.29, 0.717) is 12.8 Å². The summed E-state index contributed by atoms with van der Waals surface area (Å²) in [4.78, 5) is 25.4. The van der Waals surface area contributed by atoms with Gasteiger partial charge in [-0.1, -0.05) is 17.7 Å². The summed E-state index contributed by atoms with van der Waals surface area (Å²) in [5.41, 5.74) is -0.585. The fourth-order valence-electron chi connectivity index (χ4n) is 2.26. The van der Waals surface area contributed by atoms with E-state index in [0.717, 1.165) is 12.1 Å². The fraction of sp³-hybridized carbons (Fsp3) is 0.500. The molecule has 0 heterocycles. The van der Waals surface area contributed by atoms with Crippen molar-refractivity contribution in [2.45, 2.75) is 51.3 Å². The van der Waals surface area contributed by atoms with Gasteiger partial charge in [-0.2, -0.15) is 0 Å². The summed E-state index contributed by atoms with van der Waals surface area (Å²) >= 11 is 5.99. The monoisotopic (exact) mass is 343 g/mol. The highest BCUT2D eigenvalue weighted by atomic mass is 35.5. The lowest BCUT2D eigenvalue weighted by Crippen LogP contribution is -2.43. The van der Waals surface area contributed by atoms with Crippen molar-refractivity contribution >= 4 is 23.7 Å². The first-order valence-electron chi connectivity index (χ1n) is 7.29. The number of benzene rings is 1. The van der Waals surface area contributed by atoms with Crippen molar-refractivity contribution in [1.29, 1.82) is 0 Å². The van der Waals surface area contributed by atoms with E-state index < -0.39 is 29.5 Å². The lowest BCUT2D eigenvalue weighted by Gasteiger charge is -2.32. The molecule has 126 valence electrons. The molecule has 1 aromatic rings. The molecule has 0 bridgehead atoms. The summed E-state index contributed by atoms with van der Waals surface area (Å²) in [5, 5.41) is 9.58. The second kappa shape index (κ2) is 6.35. The van der Waals surface area contributed by atoms with Crippen LogP contribution in [0.15, 0.2) is 18.2 Å². The highest BCUT2D eigenvalue weighted by Gasteiger charge is 2.44. The molecule has 0 radical (unpaired) electrons. The molecule has 5 nitrogen and oxygen atoms in total.